The fraction of sp³-hybridized carbons (Fsp3) is 0.941. The summed E-state index contributed by atoms with van der Waals surface area (Å²) < 4.78 is 34.0. The molecule has 0 radical (unpaired) electrons. The van der Waals surface area contributed by atoms with Crippen LogP contribution < -0.4 is 0 Å². The van der Waals surface area contributed by atoms with E-state index in [1.54, 1.807) is 0 Å². The molecule has 0 aromatic carbocycles. The van der Waals surface area contributed by atoms with Crippen molar-refractivity contribution < 1.29 is 42.1 Å². The van der Waals surface area contributed by atoms with E-state index in [0.717, 1.165) is 32.1 Å². The summed E-state index contributed by atoms with van der Waals surface area (Å²) in [6.07, 6.45) is 23.0. The summed E-state index contributed by atoms with van der Waals surface area (Å²) in [5.74, 6) is -0.798. The van der Waals surface area contributed by atoms with Crippen molar-refractivity contribution in [2.24, 2.45) is 0 Å². The third-order valence-electron chi connectivity index (χ3n) is 7.64. The zero-order valence-electron chi connectivity index (χ0n) is 29.2. The molecule has 0 spiro atoms. The van der Waals surface area contributed by atoms with Gasteiger partial charge in [0.15, 0.2) is 6.10 Å². The van der Waals surface area contributed by atoms with Gasteiger partial charge < -0.3 is 18.9 Å². The third-order valence-corrected chi connectivity index (χ3v) is 8.62. The second-order valence-electron chi connectivity index (χ2n) is 13.3. The van der Waals surface area contributed by atoms with Crippen LogP contribution in [0.25, 0.3) is 0 Å². The molecular formula is C34H69NO8P+. The lowest BCUT2D eigenvalue weighted by molar-refractivity contribution is -0.870. The molecule has 2 atom stereocenters. The van der Waals surface area contributed by atoms with Gasteiger partial charge in [0.2, 0.25) is 0 Å². The zero-order valence-corrected chi connectivity index (χ0v) is 30.1. The van der Waals surface area contributed by atoms with Gasteiger partial charge in [-0.2, -0.15) is 0 Å². The van der Waals surface area contributed by atoms with Gasteiger partial charge in [-0.1, -0.05) is 129 Å². The quantitative estimate of drug-likeness (QED) is 0.0333. The molecule has 0 aromatic rings. The Morgan fingerprint density at radius 2 is 1.02 bits per heavy atom. The van der Waals surface area contributed by atoms with Gasteiger partial charge in [0.25, 0.3) is 0 Å². The second-order valence-corrected chi connectivity index (χ2v) is 14.7. The fourth-order valence-corrected chi connectivity index (χ4v) is 5.52. The summed E-state index contributed by atoms with van der Waals surface area (Å²) in [6, 6.07) is 0. The third kappa shape index (κ3) is 31.0. The predicted molar refractivity (Wildman–Crippen MR) is 178 cm³/mol. The number of phosphoric acid groups is 1. The summed E-state index contributed by atoms with van der Waals surface area (Å²) in [7, 11) is 1.48. The highest BCUT2D eigenvalue weighted by atomic mass is 31.2. The van der Waals surface area contributed by atoms with E-state index >= 15 is 0 Å². The second kappa shape index (κ2) is 28.3. The summed E-state index contributed by atoms with van der Waals surface area (Å²) in [5, 5.41) is 0. The van der Waals surface area contributed by atoms with Crippen LogP contribution >= 0.6 is 7.82 Å². The fourth-order valence-electron chi connectivity index (χ4n) is 4.78. The van der Waals surface area contributed by atoms with Gasteiger partial charge in [-0.25, -0.2) is 4.57 Å². The molecule has 0 saturated carbocycles. The molecule has 0 rings (SSSR count). The Kier molecular flexibility index (Phi) is 27.6. The molecule has 0 bridgehead atoms. The Bertz CT molecular complexity index is 743. The van der Waals surface area contributed by atoms with E-state index in [1.807, 2.05) is 21.1 Å². The summed E-state index contributed by atoms with van der Waals surface area (Å²) in [6.45, 7) is 4.37. The number of unbranched alkanes of at least 4 members (excludes halogenated alkanes) is 18. The molecular weight excluding hydrogens is 581 g/mol. The number of carbonyl (C=O) groups is 2. The van der Waals surface area contributed by atoms with E-state index in [1.165, 1.54) is 89.9 Å². The molecule has 1 unspecified atom stereocenters. The highest BCUT2D eigenvalue weighted by Crippen LogP contribution is 2.43. The van der Waals surface area contributed by atoms with Crippen LogP contribution in [0, 0.1) is 0 Å². The van der Waals surface area contributed by atoms with Crippen molar-refractivity contribution in [3.05, 3.63) is 0 Å². The van der Waals surface area contributed by atoms with Gasteiger partial charge in [-0.15, -0.1) is 0 Å². The molecule has 44 heavy (non-hydrogen) atoms. The average Bonchev–Trinajstić information content (AvgIpc) is 2.95. The van der Waals surface area contributed by atoms with E-state index in [0.29, 0.717) is 23.9 Å². The van der Waals surface area contributed by atoms with Crippen LogP contribution in [-0.2, 0) is 32.7 Å². The molecule has 0 aromatic heterocycles. The van der Waals surface area contributed by atoms with E-state index < -0.39 is 26.5 Å². The van der Waals surface area contributed by atoms with Crippen LogP contribution in [0.15, 0.2) is 0 Å². The predicted octanol–water partition coefficient (Wildman–Crippen LogP) is 8.90. The van der Waals surface area contributed by atoms with Crippen LogP contribution in [0.3, 0.4) is 0 Å². The summed E-state index contributed by atoms with van der Waals surface area (Å²) >= 11 is 0. The first-order valence-electron chi connectivity index (χ1n) is 17.8. The Morgan fingerprint density at radius 1 is 0.614 bits per heavy atom. The first-order valence-corrected chi connectivity index (χ1v) is 19.3. The number of esters is 2. The minimum atomic E-state index is -4.35. The Balaban J connectivity index is 4.43. The van der Waals surface area contributed by atoms with Gasteiger partial charge in [-0.3, -0.25) is 18.6 Å². The zero-order chi connectivity index (χ0) is 32.9. The standard InChI is InChI=1S/C34H68NO8P/c1-6-8-10-12-14-16-17-18-19-21-22-24-26-33(36)40-30-32(31-42-44(38,39)41-29-28-35(3,4)5)43-34(37)27-25-23-20-15-13-11-9-7-2/h32H,6-31H2,1-5H3/p+1/t32-/m1/s1. The van der Waals surface area contributed by atoms with Crippen LogP contribution in [0.5, 0.6) is 0 Å². The maximum Gasteiger partial charge on any atom is 0.472 e. The number of hydrogen-bond acceptors (Lipinski definition) is 7. The molecule has 0 fully saturated rings. The summed E-state index contributed by atoms with van der Waals surface area (Å²) in [5.41, 5.74) is 0. The normalized spacial score (nSPS) is 13.9. The number of ether oxygens (including phenoxy) is 2. The SMILES string of the molecule is CCCCCCCCCCCCCCC(=O)OC[C@H](COP(=O)(O)OCC[N+](C)(C)C)OC(=O)CCCCCCCCCC. The van der Waals surface area contributed by atoms with Crippen molar-refractivity contribution in [2.45, 2.75) is 161 Å². The molecule has 262 valence electrons. The smallest absolute Gasteiger partial charge is 0.462 e. The van der Waals surface area contributed by atoms with Crippen molar-refractivity contribution in [2.75, 3.05) is 47.5 Å². The molecule has 0 aliphatic carbocycles. The lowest BCUT2D eigenvalue weighted by Gasteiger charge is -2.24. The number of nitrogens with zero attached hydrogens (tertiary/aromatic N) is 1. The average molecular weight is 651 g/mol. The summed E-state index contributed by atoms with van der Waals surface area (Å²) in [4.78, 5) is 34.9. The van der Waals surface area contributed by atoms with Gasteiger partial charge >= 0.3 is 19.8 Å². The maximum absolute atomic E-state index is 12.5. The molecule has 1 N–H and O–H groups in total. The van der Waals surface area contributed by atoms with Crippen molar-refractivity contribution in [1.29, 1.82) is 0 Å². The molecule has 0 amide bonds. The van der Waals surface area contributed by atoms with Gasteiger partial charge in [-0.05, 0) is 12.8 Å². The lowest BCUT2D eigenvalue weighted by Crippen LogP contribution is -2.37. The van der Waals surface area contributed by atoms with Crippen LogP contribution in [0.4, 0.5) is 0 Å². The van der Waals surface area contributed by atoms with Gasteiger partial charge in [0, 0.05) is 12.8 Å². The number of likely N-dealkylation sites (N-methyl/N-ethyl adjacent to an activating group) is 1. The highest BCUT2D eigenvalue weighted by Gasteiger charge is 2.27. The number of phosphoric ester groups is 1. The lowest BCUT2D eigenvalue weighted by atomic mass is 10.0. The first-order chi connectivity index (χ1) is 21.0. The molecule has 0 aliphatic heterocycles. The van der Waals surface area contributed by atoms with Crippen LogP contribution in [0.1, 0.15) is 155 Å². The Morgan fingerprint density at radius 3 is 1.45 bits per heavy atom. The molecule has 10 heteroatoms. The first kappa shape index (κ1) is 43.0. The molecule has 0 saturated heterocycles. The molecule has 9 nitrogen and oxygen atoms in total. The van der Waals surface area contributed by atoms with Crippen LogP contribution in [0.2, 0.25) is 0 Å². The van der Waals surface area contributed by atoms with Crippen molar-refractivity contribution in [3.63, 3.8) is 0 Å². The van der Waals surface area contributed by atoms with Crippen molar-refractivity contribution >= 4 is 19.8 Å². The Hall–Kier alpha value is -0.990. The Labute approximate surface area is 270 Å². The van der Waals surface area contributed by atoms with Crippen molar-refractivity contribution in [1.82, 2.24) is 0 Å². The number of carbonyl (C=O) groups excluding carboxylic acids is 2. The minimum absolute atomic E-state index is 0.0359. The number of rotatable bonds is 32. The minimum Gasteiger partial charge on any atom is -0.462 e. The number of quaternary nitrogens is 1. The molecule has 0 heterocycles. The van der Waals surface area contributed by atoms with Crippen molar-refractivity contribution in [3.8, 4) is 0 Å². The topological polar surface area (TPSA) is 108 Å². The van der Waals surface area contributed by atoms with E-state index in [-0.39, 0.29) is 25.6 Å². The van der Waals surface area contributed by atoms with E-state index in [9.17, 15) is 19.0 Å². The van der Waals surface area contributed by atoms with Crippen LogP contribution in [-0.4, -0.2) is 74.9 Å². The largest absolute Gasteiger partial charge is 0.472 e. The maximum atomic E-state index is 12.5. The van der Waals surface area contributed by atoms with Gasteiger partial charge in [0.1, 0.15) is 19.8 Å². The monoisotopic (exact) mass is 650 g/mol. The van der Waals surface area contributed by atoms with E-state index in [2.05, 4.69) is 13.8 Å². The highest BCUT2D eigenvalue weighted by molar-refractivity contribution is 7.47. The van der Waals surface area contributed by atoms with E-state index in [4.69, 9.17) is 18.5 Å². The number of hydrogen-bond donors (Lipinski definition) is 1. The molecule has 0 aliphatic rings. The van der Waals surface area contributed by atoms with Gasteiger partial charge in [0.05, 0.1) is 27.7 Å².